The monoisotopic (exact) mass is 278 g/mol. The number of nitrogens with one attached hydrogen (secondary N) is 1. The summed E-state index contributed by atoms with van der Waals surface area (Å²) < 4.78 is 14.0. The standard InChI is InChI=1S/C14H15FN2OS/c1-9-8-17(5-4-16-9)14(18)13-6-10-2-3-11(15)7-12(10)19-13/h2-3,6-7,9,16H,4-5,8H2,1H3/t9-/m0/s1. The highest BCUT2D eigenvalue weighted by molar-refractivity contribution is 7.20. The van der Waals surface area contributed by atoms with Gasteiger partial charge >= 0.3 is 0 Å². The highest BCUT2D eigenvalue weighted by Crippen LogP contribution is 2.27. The van der Waals surface area contributed by atoms with Crippen molar-refractivity contribution < 1.29 is 9.18 Å². The maximum atomic E-state index is 13.2. The van der Waals surface area contributed by atoms with E-state index in [1.54, 1.807) is 6.07 Å². The SMILES string of the molecule is C[C@H]1CN(C(=O)c2cc3ccc(F)cc3s2)CCN1. The minimum atomic E-state index is -0.260. The molecular formula is C14H15FN2OS. The molecular weight excluding hydrogens is 263 g/mol. The van der Waals surface area contributed by atoms with Gasteiger partial charge in [0.25, 0.3) is 5.91 Å². The number of nitrogens with zero attached hydrogens (tertiary/aromatic N) is 1. The van der Waals surface area contributed by atoms with Crippen LogP contribution in [0.25, 0.3) is 10.1 Å². The number of hydrogen-bond acceptors (Lipinski definition) is 3. The smallest absolute Gasteiger partial charge is 0.264 e. The van der Waals surface area contributed by atoms with Crippen LogP contribution < -0.4 is 5.32 Å². The molecule has 0 bridgehead atoms. The van der Waals surface area contributed by atoms with Crippen molar-refractivity contribution in [3.63, 3.8) is 0 Å². The van der Waals surface area contributed by atoms with E-state index in [4.69, 9.17) is 0 Å². The van der Waals surface area contributed by atoms with E-state index in [0.29, 0.717) is 10.9 Å². The van der Waals surface area contributed by atoms with Crippen LogP contribution in [-0.4, -0.2) is 36.5 Å². The van der Waals surface area contributed by atoms with Gasteiger partial charge in [0, 0.05) is 30.4 Å². The third kappa shape index (κ3) is 2.48. The Bertz CT molecular complexity index is 625. The lowest BCUT2D eigenvalue weighted by Crippen LogP contribution is -2.51. The van der Waals surface area contributed by atoms with Crippen molar-refractivity contribution >= 4 is 27.3 Å². The summed E-state index contributed by atoms with van der Waals surface area (Å²) in [5.74, 6) is -0.209. The van der Waals surface area contributed by atoms with Crippen molar-refractivity contribution in [2.24, 2.45) is 0 Å². The highest BCUT2D eigenvalue weighted by atomic mass is 32.1. The summed E-state index contributed by atoms with van der Waals surface area (Å²) in [5.41, 5.74) is 0. The van der Waals surface area contributed by atoms with E-state index in [1.807, 2.05) is 11.0 Å². The Hall–Kier alpha value is -1.46. The second-order valence-corrected chi connectivity index (χ2v) is 5.98. The molecule has 0 aliphatic carbocycles. The second kappa shape index (κ2) is 4.90. The molecule has 1 fully saturated rings. The van der Waals surface area contributed by atoms with Crippen LogP contribution in [0, 0.1) is 5.82 Å². The Balaban J connectivity index is 1.88. The molecule has 3 nitrogen and oxygen atoms in total. The van der Waals surface area contributed by atoms with E-state index in [-0.39, 0.29) is 11.7 Å². The molecule has 1 atom stereocenters. The van der Waals surface area contributed by atoms with Crippen molar-refractivity contribution in [3.8, 4) is 0 Å². The van der Waals surface area contributed by atoms with Crippen LogP contribution in [0.15, 0.2) is 24.3 Å². The van der Waals surface area contributed by atoms with E-state index in [0.717, 1.165) is 29.7 Å². The van der Waals surface area contributed by atoms with Gasteiger partial charge in [0.05, 0.1) is 4.88 Å². The van der Waals surface area contributed by atoms with Crippen LogP contribution in [0.4, 0.5) is 4.39 Å². The number of carbonyl (C=O) groups is 1. The van der Waals surface area contributed by atoms with E-state index in [2.05, 4.69) is 12.2 Å². The van der Waals surface area contributed by atoms with Crippen LogP contribution in [0.1, 0.15) is 16.6 Å². The first-order chi connectivity index (χ1) is 9.13. The minimum Gasteiger partial charge on any atom is -0.335 e. The summed E-state index contributed by atoms with van der Waals surface area (Å²) >= 11 is 1.36. The van der Waals surface area contributed by atoms with Crippen LogP contribution in [0.2, 0.25) is 0 Å². The Kier molecular flexibility index (Phi) is 3.24. The topological polar surface area (TPSA) is 32.3 Å². The minimum absolute atomic E-state index is 0.0509. The molecule has 19 heavy (non-hydrogen) atoms. The van der Waals surface area contributed by atoms with Gasteiger partial charge in [-0.15, -0.1) is 11.3 Å². The van der Waals surface area contributed by atoms with E-state index < -0.39 is 0 Å². The fourth-order valence-corrected chi connectivity index (χ4v) is 3.44. The Labute approximate surface area is 115 Å². The Morgan fingerprint density at radius 3 is 3.11 bits per heavy atom. The molecule has 100 valence electrons. The van der Waals surface area contributed by atoms with Crippen LogP contribution in [0.3, 0.4) is 0 Å². The number of carbonyl (C=O) groups excluding carboxylic acids is 1. The first-order valence-corrected chi connectivity index (χ1v) is 7.17. The number of fused-ring (bicyclic) bond motifs is 1. The van der Waals surface area contributed by atoms with E-state index in [1.165, 1.54) is 23.5 Å². The molecule has 0 radical (unpaired) electrons. The maximum absolute atomic E-state index is 13.2. The lowest BCUT2D eigenvalue weighted by molar-refractivity contribution is 0.0714. The molecule has 1 aliphatic rings. The Morgan fingerprint density at radius 1 is 1.47 bits per heavy atom. The lowest BCUT2D eigenvalue weighted by Gasteiger charge is -2.31. The molecule has 2 aromatic rings. The number of halogens is 1. The summed E-state index contributed by atoms with van der Waals surface area (Å²) in [6.45, 7) is 4.35. The van der Waals surface area contributed by atoms with Gasteiger partial charge in [-0.05, 0) is 30.5 Å². The van der Waals surface area contributed by atoms with Crippen molar-refractivity contribution in [1.29, 1.82) is 0 Å². The normalized spacial score (nSPS) is 19.9. The number of thiophene rings is 1. The number of benzene rings is 1. The summed E-state index contributed by atoms with van der Waals surface area (Å²) in [5, 5.41) is 4.24. The Morgan fingerprint density at radius 2 is 2.32 bits per heavy atom. The fourth-order valence-electron chi connectivity index (χ4n) is 2.38. The number of amides is 1. The van der Waals surface area contributed by atoms with Crippen LogP contribution in [0.5, 0.6) is 0 Å². The van der Waals surface area contributed by atoms with E-state index in [9.17, 15) is 9.18 Å². The first-order valence-electron chi connectivity index (χ1n) is 6.35. The molecule has 0 unspecified atom stereocenters. The lowest BCUT2D eigenvalue weighted by atomic mass is 10.2. The van der Waals surface area contributed by atoms with Gasteiger partial charge in [-0.3, -0.25) is 4.79 Å². The van der Waals surface area contributed by atoms with Gasteiger partial charge in [-0.25, -0.2) is 4.39 Å². The third-order valence-corrected chi connectivity index (χ3v) is 4.43. The molecule has 1 aromatic carbocycles. The molecule has 1 saturated heterocycles. The molecule has 1 N–H and O–H groups in total. The predicted molar refractivity (Wildman–Crippen MR) is 75.2 cm³/mol. The quantitative estimate of drug-likeness (QED) is 0.869. The average molecular weight is 278 g/mol. The van der Waals surface area contributed by atoms with Gasteiger partial charge in [0.1, 0.15) is 5.82 Å². The average Bonchev–Trinajstić information content (AvgIpc) is 2.80. The highest BCUT2D eigenvalue weighted by Gasteiger charge is 2.23. The zero-order chi connectivity index (χ0) is 13.4. The number of rotatable bonds is 1. The number of hydrogen-bond donors (Lipinski definition) is 1. The number of piperazine rings is 1. The van der Waals surface area contributed by atoms with Crippen molar-refractivity contribution in [2.45, 2.75) is 13.0 Å². The molecule has 1 aliphatic heterocycles. The van der Waals surface area contributed by atoms with Crippen LogP contribution in [-0.2, 0) is 0 Å². The van der Waals surface area contributed by atoms with E-state index >= 15 is 0 Å². The summed E-state index contributed by atoms with van der Waals surface area (Å²) in [7, 11) is 0. The molecule has 5 heteroatoms. The third-order valence-electron chi connectivity index (χ3n) is 3.35. The van der Waals surface area contributed by atoms with Crippen LogP contribution >= 0.6 is 11.3 Å². The molecule has 0 saturated carbocycles. The predicted octanol–water partition coefficient (Wildman–Crippen LogP) is 2.47. The van der Waals surface area contributed by atoms with Gasteiger partial charge < -0.3 is 10.2 Å². The first kappa shape index (κ1) is 12.6. The van der Waals surface area contributed by atoms with Crippen molar-refractivity contribution in [3.05, 3.63) is 35.0 Å². The molecule has 0 spiro atoms. The largest absolute Gasteiger partial charge is 0.335 e. The molecule has 1 amide bonds. The summed E-state index contributed by atoms with van der Waals surface area (Å²) in [6.07, 6.45) is 0. The van der Waals surface area contributed by atoms with Crippen molar-refractivity contribution in [1.82, 2.24) is 10.2 Å². The maximum Gasteiger partial charge on any atom is 0.264 e. The van der Waals surface area contributed by atoms with Gasteiger partial charge in [0.2, 0.25) is 0 Å². The van der Waals surface area contributed by atoms with Crippen molar-refractivity contribution in [2.75, 3.05) is 19.6 Å². The second-order valence-electron chi connectivity index (χ2n) is 4.90. The zero-order valence-corrected chi connectivity index (χ0v) is 11.5. The zero-order valence-electron chi connectivity index (χ0n) is 10.6. The fraction of sp³-hybridized carbons (Fsp3) is 0.357. The molecule has 3 rings (SSSR count). The van der Waals surface area contributed by atoms with Gasteiger partial charge in [-0.1, -0.05) is 6.07 Å². The van der Waals surface area contributed by atoms with Gasteiger partial charge in [-0.2, -0.15) is 0 Å². The van der Waals surface area contributed by atoms with Gasteiger partial charge in [0.15, 0.2) is 0 Å². The summed E-state index contributed by atoms with van der Waals surface area (Å²) in [6, 6.07) is 6.81. The molecule has 1 aromatic heterocycles. The molecule has 2 heterocycles. The summed E-state index contributed by atoms with van der Waals surface area (Å²) in [4.78, 5) is 15.0.